The van der Waals surface area contributed by atoms with E-state index in [9.17, 15) is 26.4 Å². The van der Waals surface area contributed by atoms with Gasteiger partial charge in [0, 0.05) is 38.4 Å². The first kappa shape index (κ1) is 27.1. The number of hydrogen-bond acceptors (Lipinski definition) is 5. The van der Waals surface area contributed by atoms with E-state index in [1.807, 2.05) is 6.92 Å². The van der Waals surface area contributed by atoms with Gasteiger partial charge in [0.2, 0.25) is 10.0 Å². The van der Waals surface area contributed by atoms with Gasteiger partial charge < -0.3 is 14.5 Å². The van der Waals surface area contributed by atoms with Gasteiger partial charge in [-0.1, -0.05) is 31.0 Å². The number of ether oxygens (including phenoxy) is 1. The average molecular weight is 534 g/mol. The van der Waals surface area contributed by atoms with E-state index < -0.39 is 21.8 Å². The highest BCUT2D eigenvalue weighted by molar-refractivity contribution is 7.89. The molecule has 1 saturated heterocycles. The molecule has 192 valence electrons. The van der Waals surface area contributed by atoms with Crippen molar-refractivity contribution >= 4 is 33.2 Å². The van der Waals surface area contributed by atoms with Crippen LogP contribution in [0.2, 0.25) is 5.02 Å². The minimum absolute atomic E-state index is 0.00277. The molecule has 1 heterocycles. The SMILES string of the molecule is CCCCNS(=O)(=O)c1ccc(OCC(=O)N2CCN(c3cccc(C(F)(F)F)c3)CC2)c(Cl)c1. The molecule has 2 aromatic carbocycles. The molecule has 0 saturated carbocycles. The molecule has 1 aliphatic rings. The van der Waals surface area contributed by atoms with Gasteiger partial charge in [0.15, 0.2) is 6.61 Å². The van der Waals surface area contributed by atoms with Crippen LogP contribution in [0.1, 0.15) is 25.3 Å². The van der Waals surface area contributed by atoms with E-state index in [4.69, 9.17) is 16.3 Å². The van der Waals surface area contributed by atoms with Crippen LogP contribution >= 0.6 is 11.6 Å². The number of piperazine rings is 1. The highest BCUT2D eigenvalue weighted by atomic mass is 35.5. The maximum Gasteiger partial charge on any atom is 0.416 e. The Hall–Kier alpha value is -2.50. The summed E-state index contributed by atoms with van der Waals surface area (Å²) >= 11 is 6.17. The summed E-state index contributed by atoms with van der Waals surface area (Å²) in [6, 6.07) is 9.13. The predicted molar refractivity (Wildman–Crippen MR) is 127 cm³/mol. The summed E-state index contributed by atoms with van der Waals surface area (Å²) < 4.78 is 71.5. The van der Waals surface area contributed by atoms with Gasteiger partial charge in [0.05, 0.1) is 15.5 Å². The summed E-state index contributed by atoms with van der Waals surface area (Å²) in [6.45, 7) is 3.39. The zero-order chi connectivity index (χ0) is 25.6. The maximum atomic E-state index is 13.0. The Balaban J connectivity index is 1.53. The summed E-state index contributed by atoms with van der Waals surface area (Å²) in [4.78, 5) is 15.9. The number of nitrogens with one attached hydrogen (secondary N) is 1. The fraction of sp³-hybridized carbons (Fsp3) is 0.435. The molecular weight excluding hydrogens is 507 g/mol. The molecule has 2 aromatic rings. The first-order chi connectivity index (χ1) is 16.5. The number of alkyl halides is 3. The van der Waals surface area contributed by atoms with E-state index in [-0.39, 0.29) is 28.2 Å². The first-order valence-electron chi connectivity index (χ1n) is 11.1. The van der Waals surface area contributed by atoms with Gasteiger partial charge in [0.1, 0.15) is 5.75 Å². The second-order valence-electron chi connectivity index (χ2n) is 8.05. The van der Waals surface area contributed by atoms with Crippen molar-refractivity contribution in [2.75, 3.05) is 44.2 Å². The number of benzene rings is 2. The van der Waals surface area contributed by atoms with Crippen molar-refractivity contribution in [3.05, 3.63) is 53.1 Å². The topological polar surface area (TPSA) is 78.9 Å². The molecule has 0 spiro atoms. The molecule has 7 nitrogen and oxygen atoms in total. The van der Waals surface area contributed by atoms with Crippen LogP contribution < -0.4 is 14.4 Å². The summed E-state index contributed by atoms with van der Waals surface area (Å²) in [6.07, 6.45) is -2.85. The fourth-order valence-electron chi connectivity index (χ4n) is 3.56. The fourth-order valence-corrected chi connectivity index (χ4v) is 4.96. The van der Waals surface area contributed by atoms with Crippen molar-refractivity contribution in [2.45, 2.75) is 30.8 Å². The number of carbonyl (C=O) groups excluding carboxylic acids is 1. The Bertz CT molecular complexity index is 1140. The third-order valence-electron chi connectivity index (χ3n) is 5.56. The standard InChI is InChI=1S/C23H27ClF3N3O4S/c1-2-3-9-28-35(32,33)19-7-8-21(20(24)15-19)34-16-22(31)30-12-10-29(11-13-30)18-6-4-5-17(14-18)23(25,26)27/h4-8,14-15,28H,2-3,9-13,16H2,1H3. The molecule has 1 aliphatic heterocycles. The normalized spacial score (nSPS) is 14.8. The van der Waals surface area contributed by atoms with Gasteiger partial charge in [-0.05, 0) is 42.8 Å². The molecular formula is C23H27ClF3N3O4S. The van der Waals surface area contributed by atoms with Gasteiger partial charge >= 0.3 is 6.18 Å². The Morgan fingerprint density at radius 3 is 2.46 bits per heavy atom. The largest absolute Gasteiger partial charge is 0.482 e. The molecule has 0 radical (unpaired) electrons. The first-order valence-corrected chi connectivity index (χ1v) is 13.0. The molecule has 35 heavy (non-hydrogen) atoms. The number of carbonyl (C=O) groups is 1. The van der Waals surface area contributed by atoms with Crippen molar-refractivity contribution in [3.8, 4) is 5.75 Å². The maximum absolute atomic E-state index is 13.0. The number of hydrogen-bond donors (Lipinski definition) is 1. The number of amides is 1. The van der Waals surface area contributed by atoms with Gasteiger partial charge in [-0.15, -0.1) is 0 Å². The molecule has 0 bridgehead atoms. The number of anilines is 1. The van der Waals surface area contributed by atoms with E-state index in [0.717, 1.165) is 18.6 Å². The average Bonchev–Trinajstić information content (AvgIpc) is 2.83. The van der Waals surface area contributed by atoms with Crippen LogP contribution in [-0.2, 0) is 21.0 Å². The molecule has 0 aliphatic carbocycles. The molecule has 1 N–H and O–H groups in total. The monoisotopic (exact) mass is 533 g/mol. The summed E-state index contributed by atoms with van der Waals surface area (Å²) in [5, 5.41) is 0.0607. The van der Waals surface area contributed by atoms with Crippen molar-refractivity contribution in [1.29, 1.82) is 0 Å². The molecule has 1 amide bonds. The van der Waals surface area contributed by atoms with Gasteiger partial charge in [-0.2, -0.15) is 13.2 Å². The molecule has 0 atom stereocenters. The summed E-state index contributed by atoms with van der Waals surface area (Å²) in [5.74, 6) is -0.127. The Labute approximate surface area is 207 Å². The Morgan fingerprint density at radius 1 is 1.11 bits per heavy atom. The summed E-state index contributed by atoms with van der Waals surface area (Å²) in [5.41, 5.74) is -0.261. The van der Waals surface area contributed by atoms with Gasteiger partial charge in [-0.3, -0.25) is 4.79 Å². The van der Waals surface area contributed by atoms with Gasteiger partial charge in [0.25, 0.3) is 5.91 Å². The van der Waals surface area contributed by atoms with E-state index in [1.165, 1.54) is 24.3 Å². The Kier molecular flexibility index (Phi) is 8.89. The number of rotatable bonds is 9. The molecule has 0 unspecified atom stereocenters. The molecule has 3 rings (SSSR count). The van der Waals surface area contributed by atoms with Crippen molar-refractivity contribution < 1.29 is 31.1 Å². The minimum Gasteiger partial charge on any atom is -0.482 e. The third kappa shape index (κ3) is 7.25. The van der Waals surface area contributed by atoms with Crippen molar-refractivity contribution in [2.24, 2.45) is 0 Å². The second-order valence-corrected chi connectivity index (χ2v) is 10.2. The second kappa shape index (κ2) is 11.5. The quantitative estimate of drug-likeness (QED) is 0.490. The Morgan fingerprint density at radius 2 is 1.83 bits per heavy atom. The van der Waals surface area contributed by atoms with Crippen LogP contribution in [0.25, 0.3) is 0 Å². The van der Waals surface area contributed by atoms with Crippen LogP contribution in [0.5, 0.6) is 5.75 Å². The highest BCUT2D eigenvalue weighted by Gasteiger charge is 2.31. The molecule has 1 fully saturated rings. The zero-order valence-electron chi connectivity index (χ0n) is 19.1. The van der Waals surface area contributed by atoms with Crippen LogP contribution in [-0.4, -0.2) is 58.6 Å². The van der Waals surface area contributed by atoms with Crippen LogP contribution in [0.3, 0.4) is 0 Å². The smallest absolute Gasteiger partial charge is 0.416 e. The van der Waals surface area contributed by atoms with Crippen molar-refractivity contribution in [3.63, 3.8) is 0 Å². The molecule has 0 aromatic heterocycles. The number of nitrogens with zero attached hydrogens (tertiary/aromatic N) is 2. The summed E-state index contributed by atoms with van der Waals surface area (Å²) in [7, 11) is -3.69. The lowest BCUT2D eigenvalue weighted by Gasteiger charge is -2.36. The lowest BCUT2D eigenvalue weighted by Crippen LogP contribution is -2.50. The van der Waals surface area contributed by atoms with E-state index in [2.05, 4.69) is 4.72 Å². The van der Waals surface area contributed by atoms with E-state index in [1.54, 1.807) is 15.9 Å². The lowest BCUT2D eigenvalue weighted by molar-refractivity contribution is -0.137. The van der Waals surface area contributed by atoms with Crippen LogP contribution in [0.4, 0.5) is 18.9 Å². The van der Waals surface area contributed by atoms with E-state index in [0.29, 0.717) is 44.8 Å². The van der Waals surface area contributed by atoms with Crippen molar-refractivity contribution in [1.82, 2.24) is 9.62 Å². The molecule has 12 heteroatoms. The number of unbranched alkanes of at least 4 members (excludes halogenated alkanes) is 1. The zero-order valence-corrected chi connectivity index (χ0v) is 20.7. The third-order valence-corrected chi connectivity index (χ3v) is 7.31. The lowest BCUT2D eigenvalue weighted by atomic mass is 10.1. The highest BCUT2D eigenvalue weighted by Crippen LogP contribution is 2.32. The van der Waals surface area contributed by atoms with Crippen LogP contribution in [0, 0.1) is 0 Å². The predicted octanol–water partition coefficient (Wildman–Crippen LogP) is 4.16. The number of sulfonamides is 1. The van der Waals surface area contributed by atoms with Gasteiger partial charge in [-0.25, -0.2) is 13.1 Å². The van der Waals surface area contributed by atoms with E-state index >= 15 is 0 Å². The van der Waals surface area contributed by atoms with Crippen LogP contribution in [0.15, 0.2) is 47.4 Å². The number of halogens is 4. The minimum atomic E-state index is -4.42.